The van der Waals surface area contributed by atoms with Gasteiger partial charge in [0.15, 0.2) is 0 Å². The standard InChI is InChI=1S/C12H16N6O2S/c1-6-4-7(2)18(12(20)14-6)5-9(19)15-8(3)10-16-17-11(13)21-10/h4,8H,5H2,1-3H3,(H2,13,17)(H,15,19)/t8-/m0/s1. The predicted molar refractivity (Wildman–Crippen MR) is 78.9 cm³/mol. The third-order valence-corrected chi connectivity index (χ3v) is 3.79. The van der Waals surface area contributed by atoms with Crippen LogP contribution in [-0.4, -0.2) is 25.7 Å². The van der Waals surface area contributed by atoms with Crippen LogP contribution in [0, 0.1) is 13.8 Å². The van der Waals surface area contributed by atoms with Crippen LogP contribution in [0.15, 0.2) is 10.9 Å². The molecule has 2 rings (SSSR count). The molecular formula is C12H16N6O2S. The summed E-state index contributed by atoms with van der Waals surface area (Å²) in [6, 6.07) is 1.44. The van der Waals surface area contributed by atoms with Crippen molar-refractivity contribution in [2.24, 2.45) is 0 Å². The Labute approximate surface area is 125 Å². The van der Waals surface area contributed by atoms with Crippen LogP contribution < -0.4 is 16.7 Å². The number of hydrogen-bond acceptors (Lipinski definition) is 7. The number of nitrogens with one attached hydrogen (secondary N) is 1. The number of anilines is 1. The van der Waals surface area contributed by atoms with Crippen molar-refractivity contribution in [2.75, 3.05) is 5.73 Å². The molecule has 0 aliphatic carbocycles. The molecule has 0 aliphatic heterocycles. The summed E-state index contributed by atoms with van der Waals surface area (Å²) >= 11 is 1.21. The fourth-order valence-corrected chi connectivity index (χ4v) is 2.49. The lowest BCUT2D eigenvalue weighted by atomic mass is 10.3. The first-order valence-electron chi connectivity index (χ1n) is 6.30. The fraction of sp³-hybridized carbons (Fsp3) is 0.417. The topological polar surface area (TPSA) is 116 Å². The summed E-state index contributed by atoms with van der Waals surface area (Å²) in [6.45, 7) is 5.19. The number of aryl methyl sites for hydroxylation is 2. The van der Waals surface area contributed by atoms with Gasteiger partial charge in [-0.1, -0.05) is 11.3 Å². The van der Waals surface area contributed by atoms with Gasteiger partial charge in [0.2, 0.25) is 11.0 Å². The zero-order chi connectivity index (χ0) is 15.6. The van der Waals surface area contributed by atoms with Gasteiger partial charge in [-0.25, -0.2) is 4.79 Å². The Hall–Kier alpha value is -2.29. The Kier molecular flexibility index (Phi) is 4.32. The van der Waals surface area contributed by atoms with Crippen LogP contribution >= 0.6 is 11.3 Å². The molecule has 0 spiro atoms. The van der Waals surface area contributed by atoms with E-state index in [0.717, 1.165) is 0 Å². The number of carbonyl (C=O) groups is 1. The number of amides is 1. The van der Waals surface area contributed by atoms with Crippen LogP contribution in [0.25, 0.3) is 0 Å². The molecule has 112 valence electrons. The molecule has 3 N–H and O–H groups in total. The number of rotatable bonds is 4. The molecule has 0 radical (unpaired) electrons. The maximum atomic E-state index is 12.0. The molecule has 0 unspecified atom stereocenters. The van der Waals surface area contributed by atoms with E-state index in [0.29, 0.717) is 21.5 Å². The van der Waals surface area contributed by atoms with Crippen LogP contribution in [-0.2, 0) is 11.3 Å². The molecule has 9 heteroatoms. The second kappa shape index (κ2) is 6.00. The molecule has 0 fully saturated rings. The predicted octanol–water partition coefficient (Wildman–Crippen LogP) is 0.171. The lowest BCUT2D eigenvalue weighted by Crippen LogP contribution is -2.35. The lowest BCUT2D eigenvalue weighted by Gasteiger charge is -2.13. The number of nitrogen functional groups attached to an aromatic ring is 1. The average molecular weight is 308 g/mol. The van der Waals surface area contributed by atoms with Gasteiger partial charge in [-0.2, -0.15) is 4.98 Å². The largest absolute Gasteiger partial charge is 0.374 e. The summed E-state index contributed by atoms with van der Waals surface area (Å²) in [5, 5.41) is 11.3. The first-order chi connectivity index (χ1) is 9.86. The highest BCUT2D eigenvalue weighted by Crippen LogP contribution is 2.18. The highest BCUT2D eigenvalue weighted by molar-refractivity contribution is 7.15. The first-order valence-corrected chi connectivity index (χ1v) is 7.12. The number of nitrogens with zero attached hydrogens (tertiary/aromatic N) is 4. The Morgan fingerprint density at radius 3 is 2.76 bits per heavy atom. The zero-order valence-electron chi connectivity index (χ0n) is 12.0. The molecule has 0 saturated heterocycles. The SMILES string of the molecule is Cc1cc(C)n(CC(=O)N[C@@H](C)c2nnc(N)s2)c(=O)n1. The minimum atomic E-state index is -0.435. The van der Waals surface area contributed by atoms with E-state index in [1.807, 2.05) is 0 Å². The van der Waals surface area contributed by atoms with E-state index in [1.54, 1.807) is 26.8 Å². The summed E-state index contributed by atoms with van der Waals surface area (Å²) in [4.78, 5) is 27.6. The van der Waals surface area contributed by atoms with Crippen molar-refractivity contribution in [3.63, 3.8) is 0 Å². The maximum absolute atomic E-state index is 12.0. The molecule has 1 atom stereocenters. The normalized spacial score (nSPS) is 12.1. The second-order valence-electron chi connectivity index (χ2n) is 4.68. The highest BCUT2D eigenvalue weighted by atomic mass is 32.1. The van der Waals surface area contributed by atoms with Crippen LogP contribution in [0.3, 0.4) is 0 Å². The van der Waals surface area contributed by atoms with Crippen molar-refractivity contribution in [3.05, 3.63) is 32.9 Å². The van der Waals surface area contributed by atoms with Crippen molar-refractivity contribution < 1.29 is 4.79 Å². The maximum Gasteiger partial charge on any atom is 0.348 e. The van der Waals surface area contributed by atoms with E-state index in [1.165, 1.54) is 15.9 Å². The molecule has 2 aromatic rings. The van der Waals surface area contributed by atoms with E-state index < -0.39 is 5.69 Å². The van der Waals surface area contributed by atoms with Gasteiger partial charge in [-0.05, 0) is 26.8 Å². The summed E-state index contributed by atoms with van der Waals surface area (Å²) in [5.74, 6) is -0.299. The van der Waals surface area contributed by atoms with E-state index in [2.05, 4.69) is 20.5 Å². The van der Waals surface area contributed by atoms with Crippen LogP contribution in [0.2, 0.25) is 0 Å². The van der Waals surface area contributed by atoms with Crippen LogP contribution in [0.4, 0.5) is 5.13 Å². The minimum absolute atomic E-state index is 0.0867. The van der Waals surface area contributed by atoms with Gasteiger partial charge in [0.05, 0.1) is 6.04 Å². The highest BCUT2D eigenvalue weighted by Gasteiger charge is 2.15. The third-order valence-electron chi connectivity index (χ3n) is 2.85. The summed E-state index contributed by atoms with van der Waals surface area (Å²) in [6.07, 6.45) is 0. The quantitative estimate of drug-likeness (QED) is 0.832. The van der Waals surface area contributed by atoms with Crippen molar-refractivity contribution in [2.45, 2.75) is 33.4 Å². The summed E-state index contributed by atoms with van der Waals surface area (Å²) in [5.41, 5.74) is 6.39. The van der Waals surface area contributed by atoms with Gasteiger partial charge in [0.25, 0.3) is 0 Å². The van der Waals surface area contributed by atoms with E-state index >= 15 is 0 Å². The Bertz CT molecular complexity index is 723. The lowest BCUT2D eigenvalue weighted by molar-refractivity contribution is -0.122. The second-order valence-corrected chi connectivity index (χ2v) is 5.72. The van der Waals surface area contributed by atoms with Gasteiger partial charge in [-0.3, -0.25) is 9.36 Å². The average Bonchev–Trinajstić information content (AvgIpc) is 2.80. The molecule has 0 bridgehead atoms. The van der Waals surface area contributed by atoms with Gasteiger partial charge in [0.1, 0.15) is 11.6 Å². The van der Waals surface area contributed by atoms with Gasteiger partial charge in [-0.15, -0.1) is 10.2 Å². The van der Waals surface area contributed by atoms with E-state index in [4.69, 9.17) is 5.73 Å². The number of nitrogens with two attached hydrogens (primary N) is 1. The molecule has 0 aromatic carbocycles. The fourth-order valence-electron chi connectivity index (χ4n) is 1.88. The minimum Gasteiger partial charge on any atom is -0.374 e. The molecule has 2 heterocycles. The molecule has 8 nitrogen and oxygen atoms in total. The van der Waals surface area contributed by atoms with Crippen molar-refractivity contribution >= 4 is 22.4 Å². The number of aromatic nitrogens is 4. The molecule has 0 saturated carbocycles. The van der Waals surface area contributed by atoms with Crippen LogP contribution in [0.1, 0.15) is 29.4 Å². The monoisotopic (exact) mass is 308 g/mol. The number of hydrogen-bond donors (Lipinski definition) is 2. The van der Waals surface area contributed by atoms with Crippen molar-refractivity contribution in [1.82, 2.24) is 25.1 Å². The van der Waals surface area contributed by atoms with Gasteiger partial charge < -0.3 is 11.1 Å². The van der Waals surface area contributed by atoms with Gasteiger partial charge >= 0.3 is 5.69 Å². The molecular weight excluding hydrogens is 292 g/mol. The number of carbonyl (C=O) groups excluding carboxylic acids is 1. The molecule has 0 aliphatic rings. The third kappa shape index (κ3) is 3.63. The first kappa shape index (κ1) is 15.1. The Morgan fingerprint density at radius 2 is 2.19 bits per heavy atom. The smallest absolute Gasteiger partial charge is 0.348 e. The Balaban J connectivity index is 2.07. The van der Waals surface area contributed by atoms with Crippen molar-refractivity contribution in [3.8, 4) is 0 Å². The van der Waals surface area contributed by atoms with E-state index in [-0.39, 0.29) is 18.5 Å². The van der Waals surface area contributed by atoms with Gasteiger partial charge in [0, 0.05) is 11.4 Å². The van der Waals surface area contributed by atoms with Crippen LogP contribution in [0.5, 0.6) is 0 Å². The summed E-state index contributed by atoms with van der Waals surface area (Å²) in [7, 11) is 0. The molecule has 1 amide bonds. The molecule has 2 aromatic heterocycles. The Morgan fingerprint density at radius 1 is 1.48 bits per heavy atom. The zero-order valence-corrected chi connectivity index (χ0v) is 12.8. The van der Waals surface area contributed by atoms with Crippen molar-refractivity contribution in [1.29, 1.82) is 0 Å². The summed E-state index contributed by atoms with van der Waals surface area (Å²) < 4.78 is 1.32. The molecule has 21 heavy (non-hydrogen) atoms. The van der Waals surface area contributed by atoms with E-state index in [9.17, 15) is 9.59 Å².